The van der Waals surface area contributed by atoms with Gasteiger partial charge in [-0.3, -0.25) is 0 Å². The highest BCUT2D eigenvalue weighted by molar-refractivity contribution is 5.89. The number of anilines is 1. The van der Waals surface area contributed by atoms with E-state index >= 15 is 0 Å². The third-order valence-electron chi connectivity index (χ3n) is 4.49. The normalized spacial score (nSPS) is 14.0. The molecule has 3 aromatic rings. The van der Waals surface area contributed by atoms with Crippen LogP contribution in [0.1, 0.15) is 23.2 Å². The van der Waals surface area contributed by atoms with Crippen molar-refractivity contribution in [3.63, 3.8) is 0 Å². The van der Waals surface area contributed by atoms with Gasteiger partial charge in [0.05, 0.1) is 5.56 Å². The Kier molecular flexibility index (Phi) is 3.98. The maximum absolute atomic E-state index is 11.1. The molecule has 0 atom stereocenters. The average molecular weight is 334 g/mol. The summed E-state index contributed by atoms with van der Waals surface area (Å²) in [6, 6.07) is 14.9. The summed E-state index contributed by atoms with van der Waals surface area (Å²) in [6.07, 6.45) is 4.11. The highest BCUT2D eigenvalue weighted by Gasteiger charge is 2.14. The van der Waals surface area contributed by atoms with Gasteiger partial charge >= 0.3 is 5.97 Å². The van der Waals surface area contributed by atoms with Crippen molar-refractivity contribution in [1.29, 1.82) is 0 Å². The van der Waals surface area contributed by atoms with Gasteiger partial charge in [-0.1, -0.05) is 18.2 Å². The minimum atomic E-state index is -0.967. The first-order valence-corrected chi connectivity index (χ1v) is 8.35. The lowest BCUT2D eigenvalue weighted by Gasteiger charge is -2.17. The zero-order chi connectivity index (χ0) is 17.2. The van der Waals surface area contributed by atoms with Gasteiger partial charge in [0.15, 0.2) is 0 Å². The number of nitrogens with zero attached hydrogens (tertiary/aromatic N) is 2. The fraction of sp³-hybridized carbons (Fsp3) is 0.200. The first kappa shape index (κ1) is 15.4. The summed E-state index contributed by atoms with van der Waals surface area (Å²) >= 11 is 0. The summed E-state index contributed by atoms with van der Waals surface area (Å²) in [6.45, 7) is 2.24. The third kappa shape index (κ3) is 3.13. The second-order valence-corrected chi connectivity index (χ2v) is 6.16. The van der Waals surface area contributed by atoms with E-state index in [4.69, 9.17) is 9.52 Å². The molecule has 1 aliphatic rings. The topological polar surface area (TPSA) is 66.6 Å². The van der Waals surface area contributed by atoms with Crippen molar-refractivity contribution in [2.24, 2.45) is 0 Å². The Bertz CT molecular complexity index is 893. The lowest BCUT2D eigenvalue weighted by molar-refractivity contribution is 0.0697. The van der Waals surface area contributed by atoms with Crippen LogP contribution >= 0.6 is 0 Å². The van der Waals surface area contributed by atoms with E-state index in [0.717, 1.165) is 24.3 Å². The van der Waals surface area contributed by atoms with Gasteiger partial charge in [0.25, 0.3) is 0 Å². The fourth-order valence-corrected chi connectivity index (χ4v) is 3.14. The summed E-state index contributed by atoms with van der Waals surface area (Å²) in [5, 5.41) is 9.10. The molecule has 0 bridgehead atoms. The summed E-state index contributed by atoms with van der Waals surface area (Å²) in [4.78, 5) is 18.0. The van der Waals surface area contributed by atoms with E-state index < -0.39 is 5.97 Å². The van der Waals surface area contributed by atoms with E-state index in [9.17, 15) is 4.79 Å². The molecule has 0 aliphatic carbocycles. The van der Waals surface area contributed by atoms with E-state index in [0.29, 0.717) is 11.5 Å². The molecule has 1 fully saturated rings. The molecule has 4 rings (SSSR count). The second kappa shape index (κ2) is 6.43. The molecule has 1 saturated heterocycles. The van der Waals surface area contributed by atoms with Crippen molar-refractivity contribution in [3.05, 3.63) is 60.4 Å². The molecule has 0 radical (unpaired) electrons. The van der Waals surface area contributed by atoms with Gasteiger partial charge in [-0.2, -0.15) is 0 Å². The van der Waals surface area contributed by atoms with Crippen LogP contribution in [0.15, 0.2) is 59.2 Å². The zero-order valence-electron chi connectivity index (χ0n) is 13.7. The van der Waals surface area contributed by atoms with Crippen LogP contribution in [0.4, 0.5) is 5.69 Å². The number of aromatic nitrogens is 1. The summed E-state index contributed by atoms with van der Waals surface area (Å²) in [7, 11) is 0. The van der Waals surface area contributed by atoms with Crippen molar-refractivity contribution in [1.82, 2.24) is 4.98 Å². The summed E-state index contributed by atoms with van der Waals surface area (Å²) < 4.78 is 5.56. The van der Waals surface area contributed by atoms with Gasteiger partial charge < -0.3 is 14.4 Å². The maximum Gasteiger partial charge on any atom is 0.335 e. The number of oxazole rings is 1. The molecular formula is C20H18N2O3. The van der Waals surface area contributed by atoms with Gasteiger partial charge in [0, 0.05) is 29.9 Å². The number of carbonyl (C=O) groups is 1. The SMILES string of the molecule is O=C(O)c1cccc(-c2nc(-c3ccc(N4CCCC4)cc3)co2)c1. The van der Waals surface area contributed by atoms with Crippen LogP contribution < -0.4 is 4.90 Å². The molecule has 0 spiro atoms. The molecule has 0 unspecified atom stereocenters. The fourth-order valence-electron chi connectivity index (χ4n) is 3.14. The number of hydrogen-bond donors (Lipinski definition) is 1. The minimum absolute atomic E-state index is 0.215. The van der Waals surface area contributed by atoms with Crippen LogP contribution in [0.5, 0.6) is 0 Å². The largest absolute Gasteiger partial charge is 0.478 e. The Hall–Kier alpha value is -3.08. The van der Waals surface area contributed by atoms with Crippen LogP contribution in [0.25, 0.3) is 22.7 Å². The Balaban J connectivity index is 1.58. The quantitative estimate of drug-likeness (QED) is 0.770. The Morgan fingerprint density at radius 1 is 1.04 bits per heavy atom. The predicted molar refractivity (Wildman–Crippen MR) is 95.8 cm³/mol. The van der Waals surface area contributed by atoms with Crippen molar-refractivity contribution >= 4 is 11.7 Å². The zero-order valence-corrected chi connectivity index (χ0v) is 13.7. The maximum atomic E-state index is 11.1. The monoisotopic (exact) mass is 334 g/mol. The lowest BCUT2D eigenvalue weighted by Crippen LogP contribution is -2.17. The smallest absolute Gasteiger partial charge is 0.335 e. The second-order valence-electron chi connectivity index (χ2n) is 6.16. The molecule has 25 heavy (non-hydrogen) atoms. The van der Waals surface area contributed by atoms with Crippen LogP contribution in [0.2, 0.25) is 0 Å². The molecule has 1 aliphatic heterocycles. The predicted octanol–water partition coefficient (Wildman–Crippen LogP) is 4.31. The van der Waals surface area contributed by atoms with Gasteiger partial charge in [-0.05, 0) is 43.2 Å². The number of carboxylic acid groups (broad SMARTS) is 1. The number of hydrogen-bond acceptors (Lipinski definition) is 4. The van der Waals surface area contributed by atoms with E-state index in [1.165, 1.54) is 18.5 Å². The number of carboxylic acids is 1. The summed E-state index contributed by atoms with van der Waals surface area (Å²) in [5.41, 5.74) is 3.82. The number of aromatic carboxylic acids is 1. The molecule has 0 saturated carbocycles. The summed E-state index contributed by atoms with van der Waals surface area (Å²) in [5.74, 6) is -0.548. The standard InChI is InChI=1S/C20H18N2O3/c23-20(24)16-5-3-4-15(12-16)19-21-18(13-25-19)14-6-8-17(9-7-14)22-10-1-2-11-22/h3-9,12-13H,1-2,10-11H2,(H,23,24). The molecule has 2 aromatic carbocycles. The van der Waals surface area contributed by atoms with Crippen LogP contribution in [0, 0.1) is 0 Å². The van der Waals surface area contributed by atoms with Crippen molar-refractivity contribution in [2.75, 3.05) is 18.0 Å². The molecule has 0 amide bonds. The highest BCUT2D eigenvalue weighted by atomic mass is 16.4. The van der Waals surface area contributed by atoms with E-state index in [2.05, 4.69) is 22.0 Å². The van der Waals surface area contributed by atoms with Gasteiger partial charge in [0.2, 0.25) is 5.89 Å². The van der Waals surface area contributed by atoms with Gasteiger partial charge in [0.1, 0.15) is 12.0 Å². The Morgan fingerprint density at radius 3 is 2.52 bits per heavy atom. The first-order valence-electron chi connectivity index (χ1n) is 8.35. The first-order chi connectivity index (χ1) is 12.2. The van der Waals surface area contributed by atoms with Gasteiger partial charge in [-0.15, -0.1) is 0 Å². The van der Waals surface area contributed by atoms with E-state index in [1.54, 1.807) is 30.5 Å². The van der Waals surface area contributed by atoms with Crippen LogP contribution in [-0.2, 0) is 0 Å². The van der Waals surface area contributed by atoms with Crippen LogP contribution in [0.3, 0.4) is 0 Å². The van der Waals surface area contributed by atoms with Gasteiger partial charge in [-0.25, -0.2) is 9.78 Å². The molecular weight excluding hydrogens is 316 g/mol. The molecule has 2 heterocycles. The molecule has 1 aromatic heterocycles. The Morgan fingerprint density at radius 2 is 1.80 bits per heavy atom. The highest BCUT2D eigenvalue weighted by Crippen LogP contribution is 2.28. The Labute approximate surface area is 145 Å². The molecule has 126 valence electrons. The molecule has 5 heteroatoms. The third-order valence-corrected chi connectivity index (χ3v) is 4.49. The molecule has 1 N–H and O–H groups in total. The van der Waals surface area contributed by atoms with Crippen LogP contribution in [-0.4, -0.2) is 29.1 Å². The van der Waals surface area contributed by atoms with Crippen molar-refractivity contribution < 1.29 is 14.3 Å². The molecule has 5 nitrogen and oxygen atoms in total. The van der Waals surface area contributed by atoms with E-state index in [1.807, 2.05) is 12.1 Å². The average Bonchev–Trinajstić information content (AvgIpc) is 3.34. The van der Waals surface area contributed by atoms with E-state index in [-0.39, 0.29) is 5.56 Å². The minimum Gasteiger partial charge on any atom is -0.478 e. The number of rotatable bonds is 4. The van der Waals surface area contributed by atoms with Crippen molar-refractivity contribution in [3.8, 4) is 22.7 Å². The lowest BCUT2D eigenvalue weighted by atomic mass is 10.1. The van der Waals surface area contributed by atoms with Crippen molar-refractivity contribution in [2.45, 2.75) is 12.8 Å². The number of benzene rings is 2.